The zero-order valence-electron chi connectivity index (χ0n) is 17.7. The highest BCUT2D eigenvalue weighted by Gasteiger charge is 2.17. The quantitative estimate of drug-likeness (QED) is 0.463. The van der Waals surface area contributed by atoms with E-state index in [-0.39, 0.29) is 18.1 Å². The zero-order chi connectivity index (χ0) is 21.8. The molecule has 1 aromatic heterocycles. The topological polar surface area (TPSA) is 65.2 Å². The molecule has 0 saturated heterocycles. The molecule has 0 spiro atoms. The largest absolute Gasteiger partial charge is 0.322 e. The Hall–Kier alpha value is -3.86. The van der Waals surface area contributed by atoms with Gasteiger partial charge in [-0.15, -0.1) is 0 Å². The summed E-state index contributed by atoms with van der Waals surface area (Å²) in [4.78, 5) is 30.5. The molecule has 4 aromatic rings. The highest BCUT2D eigenvalue weighted by Crippen LogP contribution is 2.18. The second kappa shape index (κ2) is 8.88. The predicted octanol–water partition coefficient (Wildman–Crippen LogP) is 5.38. The molecular formula is C26H25N3O2. The summed E-state index contributed by atoms with van der Waals surface area (Å²) < 4.78 is 0. The number of aromatic amines is 1. The van der Waals surface area contributed by atoms with Gasteiger partial charge < -0.3 is 15.2 Å². The third-order valence-corrected chi connectivity index (χ3v) is 5.33. The van der Waals surface area contributed by atoms with Crippen molar-refractivity contribution in [3.63, 3.8) is 0 Å². The van der Waals surface area contributed by atoms with Crippen molar-refractivity contribution in [3.05, 3.63) is 111 Å². The van der Waals surface area contributed by atoms with Crippen LogP contribution in [0.4, 0.5) is 10.5 Å². The van der Waals surface area contributed by atoms with Gasteiger partial charge in [0.15, 0.2) is 0 Å². The van der Waals surface area contributed by atoms with E-state index in [1.807, 2.05) is 92.7 Å². The minimum Gasteiger partial charge on any atom is -0.321 e. The van der Waals surface area contributed by atoms with Gasteiger partial charge in [0, 0.05) is 17.8 Å². The Labute approximate surface area is 181 Å². The summed E-state index contributed by atoms with van der Waals surface area (Å²) >= 11 is 0. The smallest absolute Gasteiger partial charge is 0.321 e. The molecule has 0 aliphatic heterocycles. The minimum absolute atomic E-state index is 0.178. The first-order valence-corrected chi connectivity index (χ1v) is 10.3. The molecule has 5 nitrogen and oxygen atoms in total. The maximum atomic E-state index is 13.1. The second-order valence-corrected chi connectivity index (χ2v) is 7.80. The number of hydrogen-bond acceptors (Lipinski definition) is 2. The SMILES string of the molecule is Cc1ccc(CN(Cc2cc3cccc(C)c3[nH]c2=O)C(=O)Nc2ccccc2)cc1. The number of hydrogen-bond donors (Lipinski definition) is 2. The van der Waals surface area contributed by atoms with Crippen molar-refractivity contribution in [1.82, 2.24) is 9.88 Å². The highest BCUT2D eigenvalue weighted by molar-refractivity contribution is 5.89. The Bertz CT molecular complexity index is 1260. The van der Waals surface area contributed by atoms with Crippen LogP contribution in [0.5, 0.6) is 0 Å². The van der Waals surface area contributed by atoms with Crippen LogP contribution in [-0.2, 0) is 13.1 Å². The number of H-pyrrole nitrogens is 1. The molecule has 0 atom stereocenters. The van der Waals surface area contributed by atoms with Gasteiger partial charge in [0.05, 0.1) is 12.1 Å². The van der Waals surface area contributed by atoms with Crippen molar-refractivity contribution in [2.75, 3.05) is 5.32 Å². The monoisotopic (exact) mass is 411 g/mol. The van der Waals surface area contributed by atoms with Gasteiger partial charge in [-0.05, 0) is 48.6 Å². The van der Waals surface area contributed by atoms with Crippen LogP contribution in [-0.4, -0.2) is 15.9 Å². The van der Waals surface area contributed by atoms with Gasteiger partial charge in [-0.2, -0.15) is 0 Å². The lowest BCUT2D eigenvalue weighted by Crippen LogP contribution is -2.35. The Morgan fingerprint density at radius 2 is 1.65 bits per heavy atom. The van der Waals surface area contributed by atoms with Crippen molar-refractivity contribution in [2.24, 2.45) is 0 Å². The summed E-state index contributed by atoms with van der Waals surface area (Å²) in [5.74, 6) is 0. The average Bonchev–Trinajstić information content (AvgIpc) is 2.76. The van der Waals surface area contributed by atoms with E-state index in [1.165, 1.54) is 0 Å². The zero-order valence-corrected chi connectivity index (χ0v) is 17.7. The fourth-order valence-corrected chi connectivity index (χ4v) is 3.59. The van der Waals surface area contributed by atoms with Crippen LogP contribution in [0.15, 0.2) is 83.7 Å². The molecular weight excluding hydrogens is 386 g/mol. The molecule has 4 rings (SSSR count). The molecule has 0 saturated carbocycles. The lowest BCUT2D eigenvalue weighted by Gasteiger charge is -2.23. The number of amides is 2. The number of rotatable bonds is 5. The van der Waals surface area contributed by atoms with E-state index in [1.54, 1.807) is 4.90 Å². The van der Waals surface area contributed by atoms with E-state index in [4.69, 9.17) is 0 Å². The average molecular weight is 412 g/mol. The van der Waals surface area contributed by atoms with Crippen molar-refractivity contribution < 1.29 is 4.79 Å². The maximum absolute atomic E-state index is 13.1. The van der Waals surface area contributed by atoms with Crippen molar-refractivity contribution >= 4 is 22.6 Å². The van der Waals surface area contributed by atoms with Gasteiger partial charge in [0.2, 0.25) is 0 Å². The Balaban J connectivity index is 1.65. The number of para-hydroxylation sites is 2. The summed E-state index contributed by atoms with van der Waals surface area (Å²) in [5, 5.41) is 3.89. The molecule has 0 aliphatic carbocycles. The van der Waals surface area contributed by atoms with Gasteiger partial charge in [-0.25, -0.2) is 4.79 Å². The summed E-state index contributed by atoms with van der Waals surface area (Å²) in [6, 6.07) is 24.9. The minimum atomic E-state index is -0.254. The van der Waals surface area contributed by atoms with E-state index in [0.29, 0.717) is 17.8 Å². The van der Waals surface area contributed by atoms with Gasteiger partial charge in [0.25, 0.3) is 5.56 Å². The second-order valence-electron chi connectivity index (χ2n) is 7.80. The molecule has 156 valence electrons. The number of carbonyl (C=O) groups excluding carboxylic acids is 1. The van der Waals surface area contributed by atoms with E-state index >= 15 is 0 Å². The Kier molecular flexibility index (Phi) is 5.85. The third-order valence-electron chi connectivity index (χ3n) is 5.33. The Morgan fingerprint density at radius 3 is 2.39 bits per heavy atom. The normalized spacial score (nSPS) is 10.8. The third kappa shape index (κ3) is 4.83. The van der Waals surface area contributed by atoms with Crippen LogP contribution >= 0.6 is 0 Å². The van der Waals surface area contributed by atoms with E-state index < -0.39 is 0 Å². The van der Waals surface area contributed by atoms with Gasteiger partial charge in [0.1, 0.15) is 0 Å². The number of aromatic nitrogens is 1. The molecule has 5 heteroatoms. The standard InChI is InChI=1S/C26H25N3O2/c1-18-11-13-20(14-12-18)16-29(26(31)27-23-9-4-3-5-10-23)17-22-15-21-8-6-7-19(2)24(21)28-25(22)30/h3-15H,16-17H2,1-2H3,(H,27,31)(H,28,30). The lowest BCUT2D eigenvalue weighted by molar-refractivity contribution is 0.206. The predicted molar refractivity (Wildman–Crippen MR) is 125 cm³/mol. The lowest BCUT2D eigenvalue weighted by atomic mass is 10.1. The molecule has 0 unspecified atom stereocenters. The van der Waals surface area contributed by atoms with Crippen LogP contribution in [0, 0.1) is 13.8 Å². The number of carbonyl (C=O) groups is 1. The molecule has 2 N–H and O–H groups in total. The highest BCUT2D eigenvalue weighted by atomic mass is 16.2. The van der Waals surface area contributed by atoms with Crippen LogP contribution in [0.2, 0.25) is 0 Å². The number of aryl methyl sites for hydroxylation is 2. The summed E-state index contributed by atoms with van der Waals surface area (Å²) in [6.07, 6.45) is 0. The molecule has 0 radical (unpaired) electrons. The van der Waals surface area contributed by atoms with Crippen LogP contribution in [0.25, 0.3) is 10.9 Å². The first-order valence-electron chi connectivity index (χ1n) is 10.3. The van der Waals surface area contributed by atoms with E-state index in [0.717, 1.165) is 27.6 Å². The number of nitrogens with one attached hydrogen (secondary N) is 2. The van der Waals surface area contributed by atoms with Crippen LogP contribution in [0.1, 0.15) is 22.3 Å². The molecule has 2 amide bonds. The van der Waals surface area contributed by atoms with Gasteiger partial charge in [-0.3, -0.25) is 4.79 Å². The van der Waals surface area contributed by atoms with Gasteiger partial charge >= 0.3 is 6.03 Å². The molecule has 0 bridgehead atoms. The van der Waals surface area contributed by atoms with E-state index in [9.17, 15) is 9.59 Å². The molecule has 0 fully saturated rings. The van der Waals surface area contributed by atoms with Crippen molar-refractivity contribution in [1.29, 1.82) is 0 Å². The van der Waals surface area contributed by atoms with E-state index in [2.05, 4.69) is 10.3 Å². The number of urea groups is 1. The summed E-state index contributed by atoms with van der Waals surface area (Å²) in [5.41, 5.74) is 5.09. The summed E-state index contributed by atoms with van der Waals surface area (Å²) in [7, 11) is 0. The number of benzene rings is 3. The van der Waals surface area contributed by atoms with Crippen molar-refractivity contribution in [2.45, 2.75) is 26.9 Å². The van der Waals surface area contributed by atoms with Crippen LogP contribution in [0.3, 0.4) is 0 Å². The molecule has 0 aliphatic rings. The Morgan fingerprint density at radius 1 is 0.903 bits per heavy atom. The number of fused-ring (bicyclic) bond motifs is 1. The first-order chi connectivity index (χ1) is 15.0. The molecule has 1 heterocycles. The fraction of sp³-hybridized carbons (Fsp3) is 0.154. The number of pyridine rings is 1. The van der Waals surface area contributed by atoms with Crippen LogP contribution < -0.4 is 10.9 Å². The first kappa shape index (κ1) is 20.4. The molecule has 31 heavy (non-hydrogen) atoms. The fourth-order valence-electron chi connectivity index (χ4n) is 3.59. The summed E-state index contributed by atoms with van der Waals surface area (Å²) in [6.45, 7) is 4.59. The molecule has 3 aromatic carbocycles. The number of nitrogens with zero attached hydrogens (tertiary/aromatic N) is 1. The van der Waals surface area contributed by atoms with Crippen molar-refractivity contribution in [3.8, 4) is 0 Å². The van der Waals surface area contributed by atoms with Gasteiger partial charge in [-0.1, -0.05) is 66.2 Å². The number of anilines is 1. The maximum Gasteiger partial charge on any atom is 0.322 e.